The molecule has 0 N–H and O–H groups in total. The molecule has 1 fully saturated rings. The summed E-state index contributed by atoms with van der Waals surface area (Å²) in [6.07, 6.45) is 1.15. The third-order valence-corrected chi connectivity index (χ3v) is 6.91. The summed E-state index contributed by atoms with van der Waals surface area (Å²) >= 11 is 1.37. The molecule has 5 rings (SSSR count). The summed E-state index contributed by atoms with van der Waals surface area (Å²) in [6.45, 7) is 0.425. The summed E-state index contributed by atoms with van der Waals surface area (Å²) in [5, 5.41) is 9.24. The van der Waals surface area contributed by atoms with Crippen molar-refractivity contribution < 1.29 is 23.7 Å². The van der Waals surface area contributed by atoms with Gasteiger partial charge in [-0.3, -0.25) is 9.36 Å². The predicted octanol–water partition coefficient (Wildman–Crippen LogP) is 5.08. The Balaban J connectivity index is 1.46. The molecule has 0 aliphatic carbocycles. The highest BCUT2D eigenvalue weighted by molar-refractivity contribution is 8.00. The van der Waals surface area contributed by atoms with Gasteiger partial charge in [0.15, 0.2) is 16.7 Å². The lowest BCUT2D eigenvalue weighted by atomic mass is 10.1. The second kappa shape index (κ2) is 10.7. The molecule has 1 aliphatic heterocycles. The zero-order valence-electron chi connectivity index (χ0n) is 19.9. The maximum atomic E-state index is 12.1. The van der Waals surface area contributed by atoms with Gasteiger partial charge in [0.25, 0.3) is 0 Å². The van der Waals surface area contributed by atoms with Crippen LogP contribution in [0.1, 0.15) is 17.8 Å². The maximum Gasteiger partial charge on any atom is 0.319 e. The van der Waals surface area contributed by atoms with Gasteiger partial charge in [-0.25, -0.2) is 0 Å². The van der Waals surface area contributed by atoms with Gasteiger partial charge in [-0.15, -0.1) is 10.2 Å². The summed E-state index contributed by atoms with van der Waals surface area (Å²) in [5.41, 5.74) is 1.85. The van der Waals surface area contributed by atoms with Crippen LogP contribution in [0, 0.1) is 0 Å². The molecule has 0 radical (unpaired) electrons. The van der Waals surface area contributed by atoms with Crippen molar-refractivity contribution in [1.82, 2.24) is 14.8 Å². The fraction of sp³-hybridized carbons (Fsp3) is 0.222. The maximum absolute atomic E-state index is 12.1. The van der Waals surface area contributed by atoms with E-state index in [0.717, 1.165) is 22.8 Å². The summed E-state index contributed by atoms with van der Waals surface area (Å²) in [5.74, 6) is 3.29. The Labute approximate surface area is 213 Å². The molecule has 0 spiro atoms. The van der Waals surface area contributed by atoms with Crippen LogP contribution in [-0.4, -0.2) is 46.8 Å². The SMILES string of the molecule is COc1ccc(Cc2nnc(SC3CCOC3=O)n2-c2ccc(Oc3ccccc3)cc2)cc1OC. The summed E-state index contributed by atoms with van der Waals surface area (Å²) < 4.78 is 23.9. The Hall–Kier alpha value is -3.98. The van der Waals surface area contributed by atoms with Gasteiger partial charge >= 0.3 is 5.97 Å². The first-order chi connectivity index (χ1) is 17.6. The first kappa shape index (κ1) is 23.7. The van der Waals surface area contributed by atoms with Crippen molar-refractivity contribution in [1.29, 1.82) is 0 Å². The van der Waals surface area contributed by atoms with Crippen molar-refractivity contribution in [3.05, 3.63) is 84.2 Å². The fourth-order valence-electron chi connectivity index (χ4n) is 3.92. The van der Waals surface area contributed by atoms with E-state index in [-0.39, 0.29) is 11.2 Å². The molecule has 0 saturated carbocycles. The number of benzene rings is 3. The lowest BCUT2D eigenvalue weighted by Crippen LogP contribution is -2.11. The summed E-state index contributed by atoms with van der Waals surface area (Å²) in [4.78, 5) is 12.1. The molecule has 1 atom stereocenters. The number of nitrogens with zero attached hydrogens (tertiary/aromatic N) is 3. The molecule has 36 heavy (non-hydrogen) atoms. The lowest BCUT2D eigenvalue weighted by molar-refractivity contribution is -0.137. The number of carbonyl (C=O) groups is 1. The van der Waals surface area contributed by atoms with Gasteiger partial charge in [-0.1, -0.05) is 36.0 Å². The Morgan fingerprint density at radius 1 is 0.944 bits per heavy atom. The van der Waals surface area contributed by atoms with Crippen LogP contribution in [0.15, 0.2) is 78.0 Å². The number of carbonyl (C=O) groups excluding carboxylic acids is 1. The number of para-hydroxylation sites is 1. The second-order valence-electron chi connectivity index (χ2n) is 8.07. The Morgan fingerprint density at radius 3 is 2.39 bits per heavy atom. The topological polar surface area (TPSA) is 84.7 Å². The smallest absolute Gasteiger partial charge is 0.319 e. The van der Waals surface area contributed by atoms with E-state index in [0.29, 0.717) is 41.9 Å². The van der Waals surface area contributed by atoms with E-state index in [1.54, 1.807) is 14.2 Å². The minimum atomic E-state index is -0.303. The zero-order valence-corrected chi connectivity index (χ0v) is 20.7. The molecule has 0 amide bonds. The van der Waals surface area contributed by atoms with Gasteiger partial charge in [0.1, 0.15) is 22.6 Å². The number of hydrogen-bond acceptors (Lipinski definition) is 8. The van der Waals surface area contributed by atoms with Gasteiger partial charge in [0, 0.05) is 18.5 Å². The van der Waals surface area contributed by atoms with Crippen molar-refractivity contribution in [2.45, 2.75) is 23.2 Å². The molecule has 1 aromatic heterocycles. The standard InChI is InChI=1S/C27H25N3O5S/c1-32-22-13-8-18(16-23(22)33-2)17-25-28-29-27(36-24-14-15-34-26(24)31)30(25)19-9-11-21(12-10-19)35-20-6-4-3-5-7-20/h3-13,16,24H,14-15,17H2,1-2H3. The van der Waals surface area contributed by atoms with Crippen LogP contribution in [0.4, 0.5) is 0 Å². The number of ether oxygens (including phenoxy) is 4. The van der Waals surface area contributed by atoms with E-state index in [1.165, 1.54) is 11.8 Å². The predicted molar refractivity (Wildman–Crippen MR) is 135 cm³/mol. The van der Waals surface area contributed by atoms with Crippen molar-refractivity contribution in [2.24, 2.45) is 0 Å². The molecule has 4 aromatic rings. The number of hydrogen-bond donors (Lipinski definition) is 0. The van der Waals surface area contributed by atoms with Crippen molar-refractivity contribution in [3.8, 4) is 28.7 Å². The Morgan fingerprint density at radius 2 is 1.69 bits per heavy atom. The first-order valence-corrected chi connectivity index (χ1v) is 12.3. The molecule has 2 heterocycles. The third kappa shape index (κ3) is 5.16. The molecule has 3 aromatic carbocycles. The zero-order chi connectivity index (χ0) is 24.9. The van der Waals surface area contributed by atoms with Gasteiger partial charge in [0.05, 0.1) is 20.8 Å². The monoisotopic (exact) mass is 503 g/mol. The first-order valence-electron chi connectivity index (χ1n) is 11.5. The van der Waals surface area contributed by atoms with E-state index in [2.05, 4.69) is 10.2 Å². The van der Waals surface area contributed by atoms with Crippen LogP contribution in [0.2, 0.25) is 0 Å². The highest BCUT2D eigenvalue weighted by Crippen LogP contribution is 2.33. The average Bonchev–Trinajstić information content (AvgIpc) is 3.50. The fourth-order valence-corrected chi connectivity index (χ4v) is 4.96. The van der Waals surface area contributed by atoms with Gasteiger partial charge < -0.3 is 18.9 Å². The summed E-state index contributed by atoms with van der Waals surface area (Å²) in [6, 6.07) is 23.1. The number of esters is 1. The van der Waals surface area contributed by atoms with Gasteiger partial charge in [-0.2, -0.15) is 0 Å². The van der Waals surface area contributed by atoms with E-state index in [9.17, 15) is 4.79 Å². The number of thioether (sulfide) groups is 1. The summed E-state index contributed by atoms with van der Waals surface area (Å²) in [7, 11) is 3.22. The van der Waals surface area contributed by atoms with Crippen molar-refractivity contribution in [2.75, 3.05) is 20.8 Å². The van der Waals surface area contributed by atoms with E-state index >= 15 is 0 Å². The van der Waals surface area contributed by atoms with E-state index in [1.807, 2.05) is 77.4 Å². The average molecular weight is 504 g/mol. The van der Waals surface area contributed by atoms with Crippen LogP contribution in [0.5, 0.6) is 23.0 Å². The quantitative estimate of drug-likeness (QED) is 0.293. The molecule has 1 unspecified atom stereocenters. The normalized spacial score (nSPS) is 14.9. The van der Waals surface area contributed by atoms with Crippen LogP contribution >= 0.6 is 11.8 Å². The molecular formula is C27H25N3O5S. The van der Waals surface area contributed by atoms with Crippen molar-refractivity contribution in [3.63, 3.8) is 0 Å². The Bertz CT molecular complexity index is 1340. The minimum Gasteiger partial charge on any atom is -0.493 e. The van der Waals surface area contributed by atoms with Crippen LogP contribution in [0.3, 0.4) is 0 Å². The second-order valence-corrected chi connectivity index (χ2v) is 9.24. The van der Waals surface area contributed by atoms with E-state index in [4.69, 9.17) is 18.9 Å². The van der Waals surface area contributed by atoms with Crippen LogP contribution in [0.25, 0.3) is 5.69 Å². The van der Waals surface area contributed by atoms with E-state index < -0.39 is 0 Å². The van der Waals surface area contributed by atoms with Gasteiger partial charge in [-0.05, 0) is 54.1 Å². The highest BCUT2D eigenvalue weighted by atomic mass is 32.2. The molecule has 0 bridgehead atoms. The number of rotatable bonds is 9. The number of methoxy groups -OCH3 is 2. The molecular weight excluding hydrogens is 478 g/mol. The molecule has 1 saturated heterocycles. The molecule has 9 heteroatoms. The lowest BCUT2D eigenvalue weighted by Gasteiger charge is -2.13. The number of cyclic esters (lactones) is 1. The largest absolute Gasteiger partial charge is 0.493 e. The molecule has 1 aliphatic rings. The van der Waals surface area contributed by atoms with Crippen molar-refractivity contribution >= 4 is 17.7 Å². The molecule has 8 nitrogen and oxygen atoms in total. The number of aromatic nitrogens is 3. The Kier molecular flexibility index (Phi) is 7.08. The highest BCUT2D eigenvalue weighted by Gasteiger charge is 2.30. The van der Waals surface area contributed by atoms with Crippen LogP contribution in [-0.2, 0) is 16.0 Å². The third-order valence-electron chi connectivity index (χ3n) is 5.72. The van der Waals surface area contributed by atoms with Crippen LogP contribution < -0.4 is 14.2 Å². The minimum absolute atomic E-state index is 0.220. The molecule has 184 valence electrons. The van der Waals surface area contributed by atoms with Gasteiger partial charge in [0.2, 0.25) is 0 Å².